The molecule has 0 aromatic rings. The lowest BCUT2D eigenvalue weighted by molar-refractivity contribution is -0.122. The van der Waals surface area contributed by atoms with E-state index in [1.54, 1.807) is 0 Å². The van der Waals surface area contributed by atoms with Crippen LogP contribution >= 0.6 is 0 Å². The van der Waals surface area contributed by atoms with Crippen LogP contribution in [0.25, 0.3) is 0 Å². The predicted molar refractivity (Wildman–Crippen MR) is 50.0 cm³/mol. The van der Waals surface area contributed by atoms with Gasteiger partial charge in [0.15, 0.2) is 0 Å². The first-order valence-electron chi connectivity index (χ1n) is 4.69. The number of allylic oxidation sites excluding steroid dienone is 1. The fraction of sp³-hybridized carbons (Fsp3) is 0.700. The van der Waals surface area contributed by atoms with Crippen LogP contribution in [0.1, 0.15) is 25.7 Å². The second-order valence-electron chi connectivity index (χ2n) is 3.34. The van der Waals surface area contributed by atoms with E-state index >= 15 is 0 Å². The summed E-state index contributed by atoms with van der Waals surface area (Å²) in [5.74, 6) is 0.733. The Hall–Kier alpha value is -0.630. The first kappa shape index (κ1) is 9.46. The lowest BCUT2D eigenvalue weighted by atomic mass is 9.99. The first-order chi connectivity index (χ1) is 5.84. The number of rotatable bonds is 5. The molecule has 2 heteroatoms. The van der Waals surface area contributed by atoms with Crippen LogP contribution in [0.15, 0.2) is 12.7 Å². The molecule has 0 aromatic carbocycles. The van der Waals surface area contributed by atoms with Gasteiger partial charge in [-0.3, -0.25) is 4.79 Å². The zero-order valence-corrected chi connectivity index (χ0v) is 7.51. The summed E-state index contributed by atoms with van der Waals surface area (Å²) >= 11 is 0. The quantitative estimate of drug-likeness (QED) is 0.497. The van der Waals surface area contributed by atoms with Crippen molar-refractivity contribution in [2.45, 2.75) is 25.7 Å². The van der Waals surface area contributed by atoms with E-state index in [-0.39, 0.29) is 0 Å². The van der Waals surface area contributed by atoms with E-state index in [1.165, 1.54) is 0 Å². The summed E-state index contributed by atoms with van der Waals surface area (Å²) in [5, 5.41) is 3.20. The normalized spacial score (nSPS) is 22.5. The lowest BCUT2D eigenvalue weighted by Gasteiger charge is -2.05. The predicted octanol–water partition coefficient (Wildman–Crippen LogP) is 1.52. The van der Waals surface area contributed by atoms with Crippen molar-refractivity contribution in [3.8, 4) is 0 Å². The number of hydrogen-bond donors (Lipinski definition) is 1. The Morgan fingerprint density at radius 2 is 2.50 bits per heavy atom. The van der Waals surface area contributed by atoms with Gasteiger partial charge in [0.2, 0.25) is 0 Å². The Balaban J connectivity index is 2.14. The molecule has 0 aliphatic carbocycles. The molecule has 1 rings (SSSR count). The number of carbonyl (C=O) groups is 1. The highest BCUT2D eigenvalue weighted by Crippen LogP contribution is 2.12. The van der Waals surface area contributed by atoms with Gasteiger partial charge in [-0.1, -0.05) is 6.08 Å². The summed E-state index contributed by atoms with van der Waals surface area (Å²) in [4.78, 5) is 11.4. The molecule has 0 saturated carbocycles. The Bertz CT molecular complexity index is 159. The molecule has 1 fully saturated rings. The SMILES string of the molecule is C=CCCCC(=O)[C@@H]1CCNC1. The van der Waals surface area contributed by atoms with Crippen LogP contribution in [-0.2, 0) is 4.79 Å². The van der Waals surface area contributed by atoms with Crippen molar-refractivity contribution in [2.24, 2.45) is 5.92 Å². The molecule has 0 spiro atoms. The monoisotopic (exact) mass is 167 g/mol. The number of carbonyl (C=O) groups excluding carboxylic acids is 1. The van der Waals surface area contributed by atoms with Crippen LogP contribution in [0.5, 0.6) is 0 Å². The molecule has 0 amide bonds. The van der Waals surface area contributed by atoms with Crippen LogP contribution in [-0.4, -0.2) is 18.9 Å². The van der Waals surface area contributed by atoms with E-state index in [0.29, 0.717) is 11.7 Å². The molecule has 0 bridgehead atoms. The molecular weight excluding hydrogens is 150 g/mol. The standard InChI is InChI=1S/C10H17NO/c1-2-3-4-5-10(12)9-6-7-11-8-9/h2,9,11H,1,3-8H2/t9-/m1/s1. The van der Waals surface area contributed by atoms with Crippen LogP contribution in [0.3, 0.4) is 0 Å². The third-order valence-electron chi connectivity index (χ3n) is 2.35. The van der Waals surface area contributed by atoms with Gasteiger partial charge in [0, 0.05) is 18.9 Å². The fourth-order valence-electron chi connectivity index (χ4n) is 1.55. The van der Waals surface area contributed by atoms with Gasteiger partial charge in [-0.25, -0.2) is 0 Å². The van der Waals surface area contributed by atoms with E-state index in [9.17, 15) is 4.79 Å². The molecule has 2 nitrogen and oxygen atoms in total. The summed E-state index contributed by atoms with van der Waals surface area (Å²) in [5.41, 5.74) is 0. The maximum atomic E-state index is 11.4. The Labute approximate surface area is 74.0 Å². The first-order valence-corrected chi connectivity index (χ1v) is 4.69. The van der Waals surface area contributed by atoms with E-state index in [2.05, 4.69) is 11.9 Å². The van der Waals surface area contributed by atoms with E-state index in [1.807, 2.05) is 6.08 Å². The zero-order chi connectivity index (χ0) is 8.81. The molecule has 0 aromatic heterocycles. The third-order valence-corrected chi connectivity index (χ3v) is 2.35. The summed E-state index contributed by atoms with van der Waals surface area (Å²) in [6.45, 7) is 5.54. The van der Waals surface area contributed by atoms with Gasteiger partial charge in [0.25, 0.3) is 0 Å². The largest absolute Gasteiger partial charge is 0.316 e. The molecular formula is C10H17NO. The van der Waals surface area contributed by atoms with Gasteiger partial charge >= 0.3 is 0 Å². The summed E-state index contributed by atoms with van der Waals surface area (Å²) < 4.78 is 0. The summed E-state index contributed by atoms with van der Waals surface area (Å²) in [7, 11) is 0. The average molecular weight is 167 g/mol. The van der Waals surface area contributed by atoms with Crippen molar-refractivity contribution < 1.29 is 4.79 Å². The van der Waals surface area contributed by atoms with Crippen LogP contribution in [0.2, 0.25) is 0 Å². The number of Topliss-reactive ketones (excluding diaryl/α,β-unsaturated/α-hetero) is 1. The topological polar surface area (TPSA) is 29.1 Å². The highest BCUT2D eigenvalue weighted by atomic mass is 16.1. The van der Waals surface area contributed by atoms with Gasteiger partial charge in [-0.15, -0.1) is 6.58 Å². The summed E-state index contributed by atoms with van der Waals surface area (Å²) in [6.07, 6.45) is 5.58. The van der Waals surface area contributed by atoms with Crippen molar-refractivity contribution in [3.63, 3.8) is 0 Å². The fourth-order valence-corrected chi connectivity index (χ4v) is 1.55. The number of nitrogens with one attached hydrogen (secondary N) is 1. The van der Waals surface area contributed by atoms with Gasteiger partial charge in [0.05, 0.1) is 0 Å². The molecule has 1 heterocycles. The van der Waals surface area contributed by atoms with Gasteiger partial charge in [-0.05, 0) is 25.8 Å². The van der Waals surface area contributed by atoms with E-state index < -0.39 is 0 Å². The number of ketones is 1. The zero-order valence-electron chi connectivity index (χ0n) is 7.51. The minimum Gasteiger partial charge on any atom is -0.316 e. The van der Waals surface area contributed by atoms with Gasteiger partial charge < -0.3 is 5.32 Å². The Morgan fingerprint density at radius 1 is 1.67 bits per heavy atom. The highest BCUT2D eigenvalue weighted by Gasteiger charge is 2.20. The van der Waals surface area contributed by atoms with Crippen molar-refractivity contribution in [1.29, 1.82) is 0 Å². The van der Waals surface area contributed by atoms with Crippen LogP contribution in [0.4, 0.5) is 0 Å². The molecule has 1 aliphatic heterocycles. The molecule has 1 aliphatic rings. The average Bonchev–Trinajstić information content (AvgIpc) is 2.56. The van der Waals surface area contributed by atoms with Crippen molar-refractivity contribution in [2.75, 3.05) is 13.1 Å². The molecule has 1 N–H and O–H groups in total. The maximum absolute atomic E-state index is 11.4. The second-order valence-corrected chi connectivity index (χ2v) is 3.34. The van der Waals surface area contributed by atoms with Crippen LogP contribution in [0, 0.1) is 5.92 Å². The third kappa shape index (κ3) is 2.78. The molecule has 0 unspecified atom stereocenters. The summed E-state index contributed by atoms with van der Waals surface area (Å²) in [6, 6.07) is 0. The highest BCUT2D eigenvalue weighted by molar-refractivity contribution is 5.81. The molecule has 68 valence electrons. The van der Waals surface area contributed by atoms with E-state index in [4.69, 9.17) is 0 Å². The smallest absolute Gasteiger partial charge is 0.137 e. The number of unbranched alkanes of at least 4 members (excludes halogenated alkanes) is 1. The lowest BCUT2D eigenvalue weighted by Crippen LogP contribution is -2.17. The molecule has 1 saturated heterocycles. The maximum Gasteiger partial charge on any atom is 0.137 e. The minimum absolute atomic E-state index is 0.301. The molecule has 1 atom stereocenters. The van der Waals surface area contributed by atoms with Crippen molar-refractivity contribution in [1.82, 2.24) is 5.32 Å². The second kappa shape index (κ2) is 5.09. The van der Waals surface area contributed by atoms with Crippen molar-refractivity contribution >= 4 is 5.78 Å². The van der Waals surface area contributed by atoms with Crippen molar-refractivity contribution in [3.05, 3.63) is 12.7 Å². The molecule has 0 radical (unpaired) electrons. The Morgan fingerprint density at radius 3 is 3.08 bits per heavy atom. The van der Waals surface area contributed by atoms with Gasteiger partial charge in [0.1, 0.15) is 5.78 Å². The molecule has 12 heavy (non-hydrogen) atoms. The minimum atomic E-state index is 0.301. The number of hydrogen-bond acceptors (Lipinski definition) is 2. The van der Waals surface area contributed by atoms with E-state index in [0.717, 1.165) is 38.8 Å². The Kier molecular flexibility index (Phi) is 4.01. The van der Waals surface area contributed by atoms with Crippen LogP contribution < -0.4 is 5.32 Å². The van der Waals surface area contributed by atoms with Gasteiger partial charge in [-0.2, -0.15) is 0 Å².